The fraction of sp³-hybridized carbons (Fsp3) is 0.227. The SMILES string of the molecule is CCOC(=O)C1=C(C)N(C)C(=S)NC1c1ccc(NC(=O)c2cc([N+](=O)[O-])cc([N+](=O)[O-])c2)cc1. The van der Waals surface area contributed by atoms with Crippen molar-refractivity contribution in [2.45, 2.75) is 19.9 Å². The van der Waals surface area contributed by atoms with E-state index in [-0.39, 0.29) is 12.2 Å². The molecule has 0 saturated carbocycles. The Kier molecular flexibility index (Phi) is 7.40. The lowest BCUT2D eigenvalue weighted by Crippen LogP contribution is -2.46. The highest BCUT2D eigenvalue weighted by atomic mass is 32.1. The minimum absolute atomic E-state index is 0.206. The zero-order valence-corrected chi connectivity index (χ0v) is 19.8. The predicted octanol–water partition coefficient (Wildman–Crippen LogP) is 3.45. The number of hydrogen-bond donors (Lipinski definition) is 2. The summed E-state index contributed by atoms with van der Waals surface area (Å²) < 4.78 is 5.21. The molecule has 1 unspecified atom stereocenters. The highest BCUT2D eigenvalue weighted by molar-refractivity contribution is 7.80. The number of amides is 1. The molecular weight excluding hydrogens is 478 g/mol. The maximum absolute atomic E-state index is 12.6. The number of esters is 1. The van der Waals surface area contributed by atoms with Crippen LogP contribution < -0.4 is 10.6 Å². The molecule has 0 spiro atoms. The summed E-state index contributed by atoms with van der Waals surface area (Å²) in [6.45, 7) is 3.68. The Labute approximate surface area is 204 Å². The van der Waals surface area contributed by atoms with Crippen molar-refractivity contribution >= 4 is 46.3 Å². The number of nitrogens with zero attached hydrogens (tertiary/aromatic N) is 3. The highest BCUT2D eigenvalue weighted by Gasteiger charge is 2.33. The molecule has 12 nitrogen and oxygen atoms in total. The van der Waals surface area contributed by atoms with Crippen LogP contribution in [0.1, 0.15) is 35.8 Å². The molecule has 2 N–H and O–H groups in total. The summed E-state index contributed by atoms with van der Waals surface area (Å²) in [7, 11) is 1.73. The van der Waals surface area contributed by atoms with Gasteiger partial charge in [-0.25, -0.2) is 4.79 Å². The van der Waals surface area contributed by atoms with Crippen molar-refractivity contribution in [3.8, 4) is 0 Å². The molecule has 0 bridgehead atoms. The van der Waals surface area contributed by atoms with Crippen molar-refractivity contribution in [2.24, 2.45) is 0 Å². The van der Waals surface area contributed by atoms with E-state index in [0.29, 0.717) is 27.6 Å². The number of rotatable bonds is 7. The molecule has 0 fully saturated rings. The van der Waals surface area contributed by atoms with Gasteiger partial charge in [0.25, 0.3) is 17.3 Å². The van der Waals surface area contributed by atoms with Gasteiger partial charge in [-0.1, -0.05) is 12.1 Å². The maximum Gasteiger partial charge on any atom is 0.338 e. The topological polar surface area (TPSA) is 157 Å². The second-order valence-electron chi connectivity index (χ2n) is 7.49. The van der Waals surface area contributed by atoms with Crippen molar-refractivity contribution in [3.63, 3.8) is 0 Å². The third-order valence-corrected chi connectivity index (χ3v) is 5.73. The van der Waals surface area contributed by atoms with Gasteiger partial charge in [-0.15, -0.1) is 0 Å². The average Bonchev–Trinajstić information content (AvgIpc) is 2.82. The van der Waals surface area contributed by atoms with E-state index in [0.717, 1.165) is 18.2 Å². The van der Waals surface area contributed by atoms with Crippen LogP contribution in [0, 0.1) is 20.2 Å². The summed E-state index contributed by atoms with van der Waals surface area (Å²) in [6.07, 6.45) is 0. The molecule has 1 amide bonds. The Hall–Kier alpha value is -4.39. The van der Waals surface area contributed by atoms with E-state index < -0.39 is 39.1 Å². The fourth-order valence-electron chi connectivity index (χ4n) is 3.46. The van der Waals surface area contributed by atoms with Crippen LogP contribution in [-0.2, 0) is 9.53 Å². The van der Waals surface area contributed by atoms with E-state index in [2.05, 4.69) is 10.6 Å². The van der Waals surface area contributed by atoms with Gasteiger partial charge in [0.1, 0.15) is 0 Å². The second-order valence-corrected chi connectivity index (χ2v) is 7.88. The largest absolute Gasteiger partial charge is 0.463 e. The zero-order chi connectivity index (χ0) is 25.9. The Morgan fingerprint density at radius 1 is 1.11 bits per heavy atom. The Morgan fingerprint density at radius 2 is 1.69 bits per heavy atom. The normalized spacial score (nSPS) is 15.3. The number of non-ortho nitro benzene ring substituents is 2. The number of nitro benzene ring substituents is 2. The summed E-state index contributed by atoms with van der Waals surface area (Å²) in [5.74, 6) is -1.24. The predicted molar refractivity (Wildman–Crippen MR) is 130 cm³/mol. The van der Waals surface area contributed by atoms with Gasteiger partial charge in [0.05, 0.1) is 39.7 Å². The summed E-state index contributed by atoms with van der Waals surface area (Å²) in [6, 6.07) is 8.59. The number of nitro groups is 2. The molecule has 3 rings (SSSR count). The number of carbonyl (C=O) groups is 2. The van der Waals surface area contributed by atoms with Crippen molar-refractivity contribution < 1.29 is 24.2 Å². The first-order valence-corrected chi connectivity index (χ1v) is 10.7. The quantitative estimate of drug-likeness (QED) is 0.250. The third kappa shape index (κ3) is 5.41. The van der Waals surface area contributed by atoms with Crippen molar-refractivity contribution in [3.05, 3.63) is 85.1 Å². The highest BCUT2D eigenvalue weighted by Crippen LogP contribution is 2.31. The van der Waals surface area contributed by atoms with Crippen LogP contribution in [0.15, 0.2) is 53.7 Å². The van der Waals surface area contributed by atoms with Gasteiger partial charge in [0, 0.05) is 30.6 Å². The minimum Gasteiger partial charge on any atom is -0.463 e. The number of anilines is 1. The molecule has 2 aromatic carbocycles. The lowest BCUT2D eigenvalue weighted by Gasteiger charge is -2.35. The van der Waals surface area contributed by atoms with Crippen LogP contribution in [0.3, 0.4) is 0 Å². The first-order valence-electron chi connectivity index (χ1n) is 10.3. The molecule has 182 valence electrons. The number of benzene rings is 2. The lowest BCUT2D eigenvalue weighted by molar-refractivity contribution is -0.394. The molecule has 0 aromatic heterocycles. The minimum atomic E-state index is -0.811. The van der Waals surface area contributed by atoms with Crippen molar-refractivity contribution in [1.82, 2.24) is 10.2 Å². The molecule has 13 heteroatoms. The number of thiocarbonyl (C=S) groups is 1. The van der Waals surface area contributed by atoms with Gasteiger partial charge < -0.3 is 20.3 Å². The van der Waals surface area contributed by atoms with Crippen LogP contribution in [0.2, 0.25) is 0 Å². The molecular formula is C22H21N5O7S. The van der Waals surface area contributed by atoms with Gasteiger partial charge in [-0.2, -0.15) is 0 Å². The third-order valence-electron chi connectivity index (χ3n) is 5.34. The summed E-state index contributed by atoms with van der Waals surface area (Å²) >= 11 is 5.36. The first-order chi connectivity index (χ1) is 16.5. The van der Waals surface area contributed by atoms with E-state index in [4.69, 9.17) is 17.0 Å². The second kappa shape index (κ2) is 10.3. The first kappa shape index (κ1) is 25.2. The van der Waals surface area contributed by atoms with Crippen LogP contribution in [0.4, 0.5) is 17.1 Å². The lowest BCUT2D eigenvalue weighted by atomic mass is 9.95. The monoisotopic (exact) mass is 499 g/mol. The molecule has 1 heterocycles. The van der Waals surface area contributed by atoms with Gasteiger partial charge in [-0.05, 0) is 43.8 Å². The van der Waals surface area contributed by atoms with E-state index in [9.17, 15) is 29.8 Å². The van der Waals surface area contributed by atoms with E-state index >= 15 is 0 Å². The Morgan fingerprint density at radius 3 is 2.20 bits per heavy atom. The number of carbonyl (C=O) groups excluding carboxylic acids is 2. The summed E-state index contributed by atoms with van der Waals surface area (Å²) in [5.41, 5.74) is 0.662. The average molecular weight is 500 g/mol. The molecule has 0 aliphatic carbocycles. The number of allylic oxidation sites excluding steroid dienone is 1. The van der Waals surface area contributed by atoms with Crippen LogP contribution in [0.5, 0.6) is 0 Å². The zero-order valence-electron chi connectivity index (χ0n) is 18.9. The van der Waals surface area contributed by atoms with Crippen LogP contribution >= 0.6 is 12.2 Å². The number of hydrogen-bond acceptors (Lipinski definition) is 8. The molecule has 0 radical (unpaired) electrons. The number of ether oxygens (including phenoxy) is 1. The molecule has 1 atom stereocenters. The van der Waals surface area contributed by atoms with E-state index in [1.807, 2.05) is 0 Å². The summed E-state index contributed by atoms with van der Waals surface area (Å²) in [5, 5.41) is 28.2. The molecule has 0 saturated heterocycles. The summed E-state index contributed by atoms with van der Waals surface area (Å²) in [4.78, 5) is 47.4. The van der Waals surface area contributed by atoms with Crippen LogP contribution in [-0.4, -0.2) is 45.4 Å². The van der Waals surface area contributed by atoms with E-state index in [1.54, 1.807) is 50.1 Å². The molecule has 2 aromatic rings. The Balaban J connectivity index is 1.87. The van der Waals surface area contributed by atoms with Crippen LogP contribution in [0.25, 0.3) is 0 Å². The standard InChI is InChI=1S/C22H21N5O7S/c1-4-34-21(29)18-12(2)25(3)22(35)24-19(18)13-5-7-15(8-6-13)23-20(28)14-9-16(26(30)31)11-17(10-14)27(32)33/h5-11,19H,4H2,1-3H3,(H,23,28)(H,24,35). The van der Waals surface area contributed by atoms with Gasteiger partial charge in [-0.3, -0.25) is 25.0 Å². The van der Waals surface area contributed by atoms with Crippen molar-refractivity contribution in [1.29, 1.82) is 0 Å². The fourth-order valence-corrected chi connectivity index (χ4v) is 3.71. The maximum atomic E-state index is 12.6. The van der Waals surface area contributed by atoms with Gasteiger partial charge in [0.2, 0.25) is 0 Å². The number of nitrogens with one attached hydrogen (secondary N) is 2. The van der Waals surface area contributed by atoms with E-state index in [1.165, 1.54) is 0 Å². The van der Waals surface area contributed by atoms with Gasteiger partial charge >= 0.3 is 5.97 Å². The smallest absolute Gasteiger partial charge is 0.338 e. The van der Waals surface area contributed by atoms with Crippen molar-refractivity contribution in [2.75, 3.05) is 19.0 Å². The molecule has 35 heavy (non-hydrogen) atoms. The van der Waals surface area contributed by atoms with Gasteiger partial charge in [0.15, 0.2) is 5.11 Å². The molecule has 1 aliphatic heterocycles. The Bertz CT molecular complexity index is 1230. The molecule has 1 aliphatic rings.